The summed E-state index contributed by atoms with van der Waals surface area (Å²) in [5.41, 5.74) is 2.17. The van der Waals surface area contributed by atoms with Crippen molar-refractivity contribution in [2.75, 3.05) is 37.7 Å². The summed E-state index contributed by atoms with van der Waals surface area (Å²) in [4.78, 5) is 4.72. The Morgan fingerprint density at radius 3 is 2.59 bits per heavy atom. The number of hydrogen-bond acceptors (Lipinski definition) is 4. The number of nitrogens with zero attached hydrogens (tertiary/aromatic N) is 2. The molecule has 0 saturated carbocycles. The lowest BCUT2D eigenvalue weighted by atomic mass is 9.92. The molecule has 0 unspecified atom stereocenters. The van der Waals surface area contributed by atoms with Crippen LogP contribution in [0.1, 0.15) is 25.7 Å². The largest absolute Gasteiger partial charge is 0.453 e. The van der Waals surface area contributed by atoms with E-state index in [9.17, 15) is 0 Å². The molecule has 2 aromatic carbocycles. The molecule has 0 aliphatic carbocycles. The molecule has 144 valence electrons. The Morgan fingerprint density at radius 1 is 1.00 bits per heavy atom. The highest BCUT2D eigenvalue weighted by molar-refractivity contribution is 6.31. The highest BCUT2D eigenvalue weighted by Crippen LogP contribution is 2.47. The Morgan fingerprint density at radius 2 is 1.78 bits per heavy atom. The van der Waals surface area contributed by atoms with Crippen molar-refractivity contribution in [3.05, 3.63) is 47.5 Å². The normalized spacial score (nSPS) is 17.3. The van der Waals surface area contributed by atoms with Gasteiger partial charge >= 0.3 is 0 Å². The Labute approximate surface area is 166 Å². The molecular formula is C22H27ClN2O2. The minimum atomic E-state index is 0.267. The zero-order chi connectivity index (χ0) is 18.6. The van der Waals surface area contributed by atoms with E-state index in [1.807, 2.05) is 30.3 Å². The fourth-order valence-electron chi connectivity index (χ4n) is 4.22. The SMILES string of the molecule is OCCN1CCC(CCCN2c3ccccc3Oc3ccc(Cl)cc32)CC1. The summed E-state index contributed by atoms with van der Waals surface area (Å²) in [7, 11) is 0. The van der Waals surface area contributed by atoms with Gasteiger partial charge in [0.1, 0.15) is 0 Å². The minimum absolute atomic E-state index is 0.267. The number of halogens is 1. The summed E-state index contributed by atoms with van der Waals surface area (Å²) in [5.74, 6) is 2.56. The van der Waals surface area contributed by atoms with Crippen molar-refractivity contribution in [1.29, 1.82) is 0 Å². The van der Waals surface area contributed by atoms with E-state index in [1.165, 1.54) is 19.3 Å². The molecule has 4 rings (SSSR count). The molecule has 0 atom stereocenters. The van der Waals surface area contributed by atoms with Gasteiger partial charge in [0.15, 0.2) is 11.5 Å². The fraction of sp³-hybridized carbons (Fsp3) is 0.455. The number of β-amino-alcohol motifs (C(OH)–C–C–N with tert-alkyl or cyclic N) is 1. The quantitative estimate of drug-likeness (QED) is 0.752. The van der Waals surface area contributed by atoms with Crippen molar-refractivity contribution >= 4 is 23.0 Å². The predicted molar refractivity (Wildman–Crippen MR) is 110 cm³/mol. The van der Waals surface area contributed by atoms with Crippen molar-refractivity contribution in [3.8, 4) is 11.5 Å². The molecule has 27 heavy (non-hydrogen) atoms. The first-order valence-corrected chi connectivity index (χ1v) is 10.3. The van der Waals surface area contributed by atoms with E-state index in [4.69, 9.17) is 21.4 Å². The molecule has 1 saturated heterocycles. The van der Waals surface area contributed by atoms with Crippen LogP contribution < -0.4 is 9.64 Å². The molecule has 0 radical (unpaired) electrons. The van der Waals surface area contributed by atoms with Gasteiger partial charge in [-0.15, -0.1) is 0 Å². The average Bonchev–Trinajstić information content (AvgIpc) is 2.69. The van der Waals surface area contributed by atoms with E-state index >= 15 is 0 Å². The molecule has 1 fully saturated rings. The number of likely N-dealkylation sites (tertiary alicyclic amines) is 1. The number of aliphatic hydroxyl groups excluding tert-OH is 1. The van der Waals surface area contributed by atoms with E-state index in [2.05, 4.69) is 21.9 Å². The lowest BCUT2D eigenvalue weighted by molar-refractivity contribution is 0.144. The summed E-state index contributed by atoms with van der Waals surface area (Å²) < 4.78 is 6.07. The number of benzene rings is 2. The van der Waals surface area contributed by atoms with Gasteiger partial charge in [0.2, 0.25) is 0 Å². The Kier molecular flexibility index (Phi) is 5.86. The fourth-order valence-corrected chi connectivity index (χ4v) is 4.39. The first kappa shape index (κ1) is 18.6. The summed E-state index contributed by atoms with van der Waals surface area (Å²) in [5, 5.41) is 9.82. The van der Waals surface area contributed by atoms with Crippen molar-refractivity contribution in [3.63, 3.8) is 0 Å². The third kappa shape index (κ3) is 4.23. The lowest BCUT2D eigenvalue weighted by Gasteiger charge is -2.34. The Balaban J connectivity index is 1.41. The van der Waals surface area contributed by atoms with Crippen molar-refractivity contribution in [2.24, 2.45) is 5.92 Å². The van der Waals surface area contributed by atoms with Gasteiger partial charge in [-0.3, -0.25) is 0 Å². The van der Waals surface area contributed by atoms with E-state index in [0.29, 0.717) is 0 Å². The number of aliphatic hydroxyl groups is 1. The molecule has 2 heterocycles. The topological polar surface area (TPSA) is 35.9 Å². The first-order valence-electron chi connectivity index (χ1n) is 9.92. The standard InChI is InChI=1S/C22H27ClN2O2/c23-18-7-8-22-20(16-18)25(19-5-1-2-6-21(19)27-22)11-3-4-17-9-12-24(13-10-17)14-15-26/h1-2,5-8,16-17,26H,3-4,9-15H2. The second-order valence-corrected chi connectivity index (χ2v) is 7.92. The number of piperidine rings is 1. The number of hydrogen-bond donors (Lipinski definition) is 1. The molecule has 4 nitrogen and oxygen atoms in total. The van der Waals surface area contributed by atoms with Crippen molar-refractivity contribution < 1.29 is 9.84 Å². The summed E-state index contributed by atoms with van der Waals surface area (Å²) in [6.45, 7) is 4.27. The highest BCUT2D eigenvalue weighted by Gasteiger charge is 2.25. The second kappa shape index (κ2) is 8.51. The van der Waals surface area contributed by atoms with E-state index in [1.54, 1.807) is 0 Å². The summed E-state index contributed by atoms with van der Waals surface area (Å²) >= 11 is 6.26. The van der Waals surface area contributed by atoms with Crippen LogP contribution >= 0.6 is 11.6 Å². The van der Waals surface area contributed by atoms with Gasteiger partial charge in [0.25, 0.3) is 0 Å². The molecule has 5 heteroatoms. The van der Waals surface area contributed by atoms with Crippen LogP contribution in [-0.2, 0) is 0 Å². The van der Waals surface area contributed by atoms with Crippen LogP contribution in [-0.4, -0.2) is 42.8 Å². The maximum absolute atomic E-state index is 9.08. The van der Waals surface area contributed by atoms with Crippen molar-refractivity contribution in [2.45, 2.75) is 25.7 Å². The average molecular weight is 387 g/mol. The molecule has 2 aromatic rings. The molecule has 2 aliphatic heterocycles. The number of rotatable bonds is 6. The number of anilines is 2. The van der Waals surface area contributed by atoms with Gasteiger partial charge in [-0.1, -0.05) is 23.7 Å². The van der Waals surface area contributed by atoms with Crippen LogP contribution in [0.25, 0.3) is 0 Å². The van der Waals surface area contributed by atoms with Gasteiger partial charge in [-0.05, 0) is 75.0 Å². The van der Waals surface area contributed by atoms with Gasteiger partial charge < -0.3 is 19.6 Å². The van der Waals surface area contributed by atoms with Crippen LogP contribution in [0.2, 0.25) is 5.02 Å². The van der Waals surface area contributed by atoms with Crippen LogP contribution in [0.3, 0.4) is 0 Å². The van der Waals surface area contributed by atoms with Crippen LogP contribution in [0.15, 0.2) is 42.5 Å². The van der Waals surface area contributed by atoms with Gasteiger partial charge in [0.05, 0.1) is 18.0 Å². The van der Waals surface area contributed by atoms with Crippen LogP contribution in [0.5, 0.6) is 11.5 Å². The molecule has 2 aliphatic rings. The third-order valence-electron chi connectivity index (χ3n) is 5.71. The lowest BCUT2D eigenvalue weighted by Crippen LogP contribution is -2.35. The Hall–Kier alpha value is -1.75. The van der Waals surface area contributed by atoms with Crippen LogP contribution in [0.4, 0.5) is 11.4 Å². The van der Waals surface area contributed by atoms with E-state index < -0.39 is 0 Å². The molecule has 0 amide bonds. The number of fused-ring (bicyclic) bond motifs is 2. The molecule has 0 bridgehead atoms. The van der Waals surface area contributed by atoms with Crippen LogP contribution in [0, 0.1) is 5.92 Å². The third-order valence-corrected chi connectivity index (χ3v) is 5.94. The van der Waals surface area contributed by atoms with Gasteiger partial charge in [-0.25, -0.2) is 0 Å². The molecule has 1 N–H and O–H groups in total. The summed E-state index contributed by atoms with van der Waals surface area (Å²) in [6, 6.07) is 14.0. The van der Waals surface area contributed by atoms with Gasteiger partial charge in [0, 0.05) is 18.1 Å². The smallest absolute Gasteiger partial charge is 0.151 e. The molecule has 0 aromatic heterocycles. The number of ether oxygens (including phenoxy) is 1. The first-order chi connectivity index (χ1) is 13.2. The monoisotopic (exact) mass is 386 g/mol. The maximum atomic E-state index is 9.08. The van der Waals surface area contributed by atoms with E-state index in [0.717, 1.165) is 66.4 Å². The van der Waals surface area contributed by atoms with Gasteiger partial charge in [-0.2, -0.15) is 0 Å². The second-order valence-electron chi connectivity index (χ2n) is 7.48. The maximum Gasteiger partial charge on any atom is 0.151 e. The number of para-hydroxylation sites is 2. The highest BCUT2D eigenvalue weighted by atomic mass is 35.5. The molecular weight excluding hydrogens is 360 g/mol. The Bertz CT molecular complexity index is 775. The summed E-state index contributed by atoms with van der Waals surface area (Å²) in [6.07, 6.45) is 4.86. The predicted octanol–water partition coefficient (Wildman–Crippen LogP) is 5.07. The zero-order valence-corrected chi connectivity index (χ0v) is 16.4. The van der Waals surface area contributed by atoms with E-state index in [-0.39, 0.29) is 6.61 Å². The minimum Gasteiger partial charge on any atom is -0.453 e. The molecule has 0 spiro atoms. The zero-order valence-electron chi connectivity index (χ0n) is 15.6. The van der Waals surface area contributed by atoms with Crippen molar-refractivity contribution in [1.82, 2.24) is 4.90 Å².